The first kappa shape index (κ1) is 22.9. The van der Waals surface area contributed by atoms with Crippen molar-refractivity contribution in [2.75, 3.05) is 25.5 Å². The summed E-state index contributed by atoms with van der Waals surface area (Å²) in [6, 6.07) is 10.3. The second-order valence-corrected chi connectivity index (χ2v) is 9.51. The Bertz CT molecular complexity index is 1070. The van der Waals surface area contributed by atoms with Crippen molar-refractivity contribution in [3.63, 3.8) is 0 Å². The molecule has 166 valence electrons. The molecule has 3 rings (SSSR count). The van der Waals surface area contributed by atoms with Crippen molar-refractivity contribution in [2.45, 2.75) is 25.5 Å². The second-order valence-electron chi connectivity index (χ2n) is 7.54. The Kier molecular flexibility index (Phi) is 7.07. The van der Waals surface area contributed by atoms with Crippen LogP contribution in [0.15, 0.2) is 42.5 Å². The van der Waals surface area contributed by atoms with E-state index >= 15 is 0 Å². The summed E-state index contributed by atoms with van der Waals surface area (Å²) >= 11 is 0. The molecule has 2 aromatic carbocycles. The summed E-state index contributed by atoms with van der Waals surface area (Å²) in [6.07, 6.45) is 1.12. The minimum atomic E-state index is -3.65. The standard InChI is InChI=1S/C22H25FN2O5S/c1-15-19(22(27)30-2)6-3-7-20(15)24-21(26)17-5-4-12-25(13-17)31(28,29)14-16-8-10-18(23)11-9-16/h3,6-11,17H,4-5,12-14H2,1-2H3,(H,24,26). The van der Waals surface area contributed by atoms with Gasteiger partial charge in [-0.15, -0.1) is 0 Å². The lowest BCUT2D eigenvalue weighted by Crippen LogP contribution is -2.44. The molecule has 0 aliphatic carbocycles. The van der Waals surface area contributed by atoms with E-state index in [0.29, 0.717) is 41.8 Å². The summed E-state index contributed by atoms with van der Waals surface area (Å²) in [6.45, 7) is 2.12. The largest absolute Gasteiger partial charge is 0.465 e. The van der Waals surface area contributed by atoms with Crippen LogP contribution in [0.3, 0.4) is 0 Å². The van der Waals surface area contributed by atoms with Crippen LogP contribution in [0.5, 0.6) is 0 Å². The monoisotopic (exact) mass is 448 g/mol. The fourth-order valence-electron chi connectivity index (χ4n) is 3.63. The number of ether oxygens (including phenoxy) is 1. The van der Waals surface area contributed by atoms with E-state index in [4.69, 9.17) is 4.74 Å². The number of carbonyl (C=O) groups is 2. The molecule has 1 N–H and O–H groups in total. The number of benzene rings is 2. The molecule has 0 bridgehead atoms. The van der Waals surface area contributed by atoms with E-state index in [1.807, 2.05) is 0 Å². The van der Waals surface area contributed by atoms with Gasteiger partial charge in [-0.1, -0.05) is 18.2 Å². The van der Waals surface area contributed by atoms with Gasteiger partial charge in [0.15, 0.2) is 0 Å². The number of amides is 1. The number of hydrogen-bond acceptors (Lipinski definition) is 5. The Balaban J connectivity index is 1.69. The van der Waals surface area contributed by atoms with Gasteiger partial charge >= 0.3 is 5.97 Å². The molecule has 1 aliphatic rings. The molecule has 1 unspecified atom stereocenters. The molecule has 1 heterocycles. The molecular weight excluding hydrogens is 423 g/mol. The fraction of sp³-hybridized carbons (Fsp3) is 0.364. The second kappa shape index (κ2) is 9.57. The summed E-state index contributed by atoms with van der Waals surface area (Å²) in [4.78, 5) is 24.7. The third kappa shape index (κ3) is 5.48. The number of anilines is 1. The zero-order valence-electron chi connectivity index (χ0n) is 17.4. The van der Waals surface area contributed by atoms with Gasteiger partial charge in [-0.3, -0.25) is 4.79 Å². The normalized spacial score (nSPS) is 17.2. The molecule has 7 nitrogen and oxygen atoms in total. The molecule has 0 saturated carbocycles. The van der Waals surface area contributed by atoms with Gasteiger partial charge < -0.3 is 10.1 Å². The minimum absolute atomic E-state index is 0.0745. The summed E-state index contributed by atoms with van der Waals surface area (Å²) in [5.74, 6) is -1.99. The molecule has 0 aromatic heterocycles. The highest BCUT2D eigenvalue weighted by atomic mass is 32.2. The van der Waals surface area contributed by atoms with Gasteiger partial charge in [0.2, 0.25) is 15.9 Å². The number of rotatable bonds is 6. The van der Waals surface area contributed by atoms with Gasteiger partial charge in [-0.05, 0) is 55.2 Å². The average molecular weight is 449 g/mol. The number of carbonyl (C=O) groups excluding carboxylic acids is 2. The number of halogens is 1. The van der Waals surface area contributed by atoms with E-state index < -0.39 is 27.7 Å². The van der Waals surface area contributed by atoms with Gasteiger partial charge in [0, 0.05) is 18.8 Å². The first-order chi connectivity index (χ1) is 14.7. The van der Waals surface area contributed by atoms with Crippen LogP contribution in [-0.4, -0.2) is 44.8 Å². The lowest BCUT2D eigenvalue weighted by molar-refractivity contribution is -0.120. The van der Waals surface area contributed by atoms with Gasteiger partial charge in [0.25, 0.3) is 0 Å². The van der Waals surface area contributed by atoms with Gasteiger partial charge in [0.05, 0.1) is 24.3 Å². The number of piperidine rings is 1. The third-order valence-corrected chi connectivity index (χ3v) is 7.22. The number of hydrogen-bond donors (Lipinski definition) is 1. The van der Waals surface area contributed by atoms with Crippen LogP contribution >= 0.6 is 0 Å². The highest BCUT2D eigenvalue weighted by Crippen LogP contribution is 2.25. The lowest BCUT2D eigenvalue weighted by Gasteiger charge is -2.31. The van der Waals surface area contributed by atoms with Crippen LogP contribution in [-0.2, 0) is 25.3 Å². The van der Waals surface area contributed by atoms with Gasteiger partial charge in [-0.25, -0.2) is 21.9 Å². The number of nitrogens with zero attached hydrogens (tertiary/aromatic N) is 1. The Morgan fingerprint density at radius 1 is 1.19 bits per heavy atom. The molecule has 9 heteroatoms. The molecule has 1 saturated heterocycles. The Hall–Kier alpha value is -2.78. The molecule has 31 heavy (non-hydrogen) atoms. The van der Waals surface area contributed by atoms with Gasteiger partial charge in [-0.2, -0.15) is 0 Å². The van der Waals surface area contributed by atoms with Crippen molar-refractivity contribution < 1.29 is 27.1 Å². The molecule has 1 aliphatic heterocycles. The van der Waals surface area contributed by atoms with Crippen molar-refractivity contribution in [1.29, 1.82) is 0 Å². The fourth-order valence-corrected chi connectivity index (χ4v) is 5.24. The maximum Gasteiger partial charge on any atom is 0.338 e. The first-order valence-corrected chi connectivity index (χ1v) is 11.5. The number of nitrogens with one attached hydrogen (secondary N) is 1. The Morgan fingerprint density at radius 2 is 1.90 bits per heavy atom. The van der Waals surface area contributed by atoms with Crippen molar-refractivity contribution >= 4 is 27.6 Å². The highest BCUT2D eigenvalue weighted by molar-refractivity contribution is 7.88. The predicted octanol–water partition coefficient (Wildman–Crippen LogP) is 3.10. The molecule has 0 radical (unpaired) electrons. The third-order valence-electron chi connectivity index (χ3n) is 5.41. The van der Waals surface area contributed by atoms with Crippen LogP contribution in [0, 0.1) is 18.7 Å². The maximum atomic E-state index is 13.1. The van der Waals surface area contributed by atoms with Crippen molar-refractivity contribution in [3.8, 4) is 0 Å². The summed E-state index contributed by atoms with van der Waals surface area (Å²) in [5.41, 5.74) is 1.91. The number of methoxy groups -OCH3 is 1. The SMILES string of the molecule is COC(=O)c1cccc(NC(=O)C2CCCN(S(=O)(=O)Cc3ccc(F)cc3)C2)c1C. The van der Waals surface area contributed by atoms with E-state index in [1.54, 1.807) is 25.1 Å². The van der Waals surface area contributed by atoms with Gasteiger partial charge in [0.1, 0.15) is 5.82 Å². The van der Waals surface area contributed by atoms with Crippen LogP contribution in [0.2, 0.25) is 0 Å². The molecule has 2 aromatic rings. The molecular formula is C22H25FN2O5S. The Labute approximate surface area is 181 Å². The minimum Gasteiger partial charge on any atom is -0.465 e. The summed E-state index contributed by atoms with van der Waals surface area (Å²) < 4.78 is 44.8. The molecule has 1 amide bonds. The molecule has 1 atom stereocenters. The lowest BCUT2D eigenvalue weighted by atomic mass is 9.98. The zero-order chi connectivity index (χ0) is 22.6. The number of sulfonamides is 1. The van der Waals surface area contributed by atoms with Crippen LogP contribution in [0.4, 0.5) is 10.1 Å². The van der Waals surface area contributed by atoms with Crippen LogP contribution < -0.4 is 5.32 Å². The van der Waals surface area contributed by atoms with E-state index in [0.717, 1.165) is 0 Å². The van der Waals surface area contributed by atoms with Crippen molar-refractivity contribution in [3.05, 3.63) is 65.0 Å². The smallest absolute Gasteiger partial charge is 0.338 e. The first-order valence-electron chi connectivity index (χ1n) is 9.92. The Morgan fingerprint density at radius 3 is 2.58 bits per heavy atom. The van der Waals surface area contributed by atoms with E-state index in [9.17, 15) is 22.4 Å². The maximum absolute atomic E-state index is 13.1. The van der Waals surface area contributed by atoms with E-state index in [1.165, 1.54) is 35.7 Å². The number of esters is 1. The highest BCUT2D eigenvalue weighted by Gasteiger charge is 2.32. The molecule has 0 spiro atoms. The van der Waals surface area contributed by atoms with E-state index in [2.05, 4.69) is 5.32 Å². The quantitative estimate of drug-likeness (QED) is 0.686. The molecule has 1 fully saturated rings. The van der Waals surface area contributed by atoms with Crippen LogP contribution in [0.25, 0.3) is 0 Å². The zero-order valence-corrected chi connectivity index (χ0v) is 18.2. The predicted molar refractivity (Wildman–Crippen MR) is 114 cm³/mol. The summed E-state index contributed by atoms with van der Waals surface area (Å²) in [7, 11) is -2.36. The summed E-state index contributed by atoms with van der Waals surface area (Å²) in [5, 5.41) is 2.82. The topological polar surface area (TPSA) is 92.8 Å². The van der Waals surface area contributed by atoms with Crippen LogP contribution in [0.1, 0.15) is 34.3 Å². The average Bonchev–Trinajstić information content (AvgIpc) is 2.76. The van der Waals surface area contributed by atoms with E-state index in [-0.39, 0.29) is 18.2 Å². The van der Waals surface area contributed by atoms with Crippen molar-refractivity contribution in [1.82, 2.24) is 4.31 Å². The van der Waals surface area contributed by atoms with Crippen molar-refractivity contribution in [2.24, 2.45) is 5.92 Å².